The zero-order valence-electron chi connectivity index (χ0n) is 10.2. The van der Waals surface area contributed by atoms with Gasteiger partial charge in [0.25, 0.3) is 0 Å². The Morgan fingerprint density at radius 1 is 1.71 bits per heavy atom. The minimum Gasteiger partial charge on any atom is -0.364 e. The van der Waals surface area contributed by atoms with Gasteiger partial charge in [0.2, 0.25) is 5.91 Å². The lowest BCUT2D eigenvalue weighted by Crippen LogP contribution is -2.53. The Hall–Kier alpha value is -1.36. The Morgan fingerprint density at radius 2 is 2.59 bits per heavy atom. The van der Waals surface area contributed by atoms with E-state index in [2.05, 4.69) is 22.7 Å². The Bertz CT molecular complexity index is 356. The molecule has 1 amide bonds. The van der Waals surface area contributed by atoms with Gasteiger partial charge in [-0.3, -0.25) is 4.79 Å². The maximum atomic E-state index is 12.2. The van der Waals surface area contributed by atoms with Gasteiger partial charge in [-0.15, -0.1) is 0 Å². The van der Waals surface area contributed by atoms with E-state index in [1.54, 1.807) is 6.07 Å². The maximum Gasteiger partial charge on any atom is 0.240 e. The van der Waals surface area contributed by atoms with Gasteiger partial charge in [-0.25, -0.2) is 0 Å². The first-order valence-electron chi connectivity index (χ1n) is 6.19. The van der Waals surface area contributed by atoms with Crippen LogP contribution in [-0.4, -0.2) is 23.1 Å². The molecule has 1 aliphatic rings. The second kappa shape index (κ2) is 5.31. The summed E-state index contributed by atoms with van der Waals surface area (Å²) < 4.78 is 4.73. The number of carbonyl (C=O) groups excluding carboxylic acids is 1. The number of nitrogens with one attached hydrogen (secondary N) is 2. The summed E-state index contributed by atoms with van der Waals surface area (Å²) in [5.74, 6) is 0.0832. The topological polar surface area (TPSA) is 67.2 Å². The summed E-state index contributed by atoms with van der Waals surface area (Å²) in [5, 5.41) is 10.0. The van der Waals surface area contributed by atoms with Gasteiger partial charge >= 0.3 is 0 Å². The van der Waals surface area contributed by atoms with E-state index in [9.17, 15) is 4.79 Å². The molecular weight excluding hydrogens is 218 g/mol. The first-order valence-corrected chi connectivity index (χ1v) is 6.19. The minimum absolute atomic E-state index is 0.0832. The summed E-state index contributed by atoms with van der Waals surface area (Å²) in [4.78, 5) is 12.2. The predicted molar refractivity (Wildman–Crippen MR) is 63.2 cm³/mol. The average molecular weight is 237 g/mol. The van der Waals surface area contributed by atoms with Crippen LogP contribution in [0.15, 0.2) is 16.9 Å². The lowest BCUT2D eigenvalue weighted by Gasteiger charge is -2.27. The summed E-state index contributed by atoms with van der Waals surface area (Å²) in [5.41, 5.74) is 0.390. The summed E-state index contributed by atoms with van der Waals surface area (Å²) >= 11 is 0. The van der Waals surface area contributed by atoms with Crippen LogP contribution in [0.5, 0.6) is 0 Å². The number of rotatable bonds is 5. The second-order valence-electron chi connectivity index (χ2n) is 4.54. The van der Waals surface area contributed by atoms with Crippen LogP contribution in [0.3, 0.4) is 0 Å². The molecule has 2 rings (SSSR count). The van der Waals surface area contributed by atoms with Crippen molar-refractivity contribution in [1.29, 1.82) is 0 Å². The van der Waals surface area contributed by atoms with Gasteiger partial charge in [0.05, 0.1) is 12.1 Å². The van der Waals surface area contributed by atoms with Gasteiger partial charge in [0.15, 0.2) is 0 Å². The van der Waals surface area contributed by atoms with E-state index >= 15 is 0 Å². The summed E-state index contributed by atoms with van der Waals surface area (Å²) in [6, 6.07) is 1.76. The van der Waals surface area contributed by atoms with E-state index in [1.165, 1.54) is 6.26 Å². The van der Waals surface area contributed by atoms with Crippen LogP contribution >= 0.6 is 0 Å². The molecule has 1 fully saturated rings. The smallest absolute Gasteiger partial charge is 0.240 e. The SMILES string of the molecule is CCCC1(C(=O)NCc2ccon2)CCCN1. The number of hydrogen-bond acceptors (Lipinski definition) is 4. The molecule has 94 valence electrons. The van der Waals surface area contributed by atoms with Gasteiger partial charge in [0, 0.05) is 6.07 Å². The highest BCUT2D eigenvalue weighted by molar-refractivity contribution is 5.86. The standard InChI is InChI=1S/C12H19N3O2/c1-2-5-12(6-3-7-14-12)11(16)13-9-10-4-8-17-15-10/h4,8,14H,2-3,5-7,9H2,1H3,(H,13,16). The van der Waals surface area contributed by atoms with Crippen LogP contribution in [0, 0.1) is 0 Å². The van der Waals surface area contributed by atoms with E-state index < -0.39 is 0 Å². The van der Waals surface area contributed by atoms with Crippen molar-refractivity contribution >= 4 is 5.91 Å². The van der Waals surface area contributed by atoms with Gasteiger partial charge in [0.1, 0.15) is 12.0 Å². The quantitative estimate of drug-likeness (QED) is 0.808. The molecule has 2 heterocycles. The summed E-state index contributed by atoms with van der Waals surface area (Å²) in [6.45, 7) is 3.46. The molecule has 1 aromatic heterocycles. The van der Waals surface area contributed by atoms with Gasteiger partial charge in [-0.05, 0) is 25.8 Å². The number of carbonyl (C=O) groups is 1. The molecule has 0 bridgehead atoms. The third-order valence-electron chi connectivity index (χ3n) is 3.28. The number of hydrogen-bond donors (Lipinski definition) is 2. The highest BCUT2D eigenvalue weighted by Gasteiger charge is 2.39. The fourth-order valence-electron chi connectivity index (χ4n) is 2.42. The molecule has 0 spiro atoms. The van der Waals surface area contributed by atoms with Crippen molar-refractivity contribution in [2.24, 2.45) is 0 Å². The number of aromatic nitrogens is 1. The van der Waals surface area contributed by atoms with Crippen molar-refractivity contribution in [2.45, 2.75) is 44.7 Å². The van der Waals surface area contributed by atoms with E-state index in [0.717, 1.165) is 37.9 Å². The Morgan fingerprint density at radius 3 is 3.18 bits per heavy atom. The van der Waals surface area contributed by atoms with Crippen LogP contribution in [0.2, 0.25) is 0 Å². The molecule has 1 saturated heterocycles. The highest BCUT2D eigenvalue weighted by Crippen LogP contribution is 2.24. The Balaban J connectivity index is 1.92. The molecule has 1 unspecified atom stereocenters. The molecule has 0 aliphatic carbocycles. The van der Waals surface area contributed by atoms with Crippen LogP contribution < -0.4 is 10.6 Å². The second-order valence-corrected chi connectivity index (χ2v) is 4.54. The molecule has 0 aromatic carbocycles. The van der Waals surface area contributed by atoms with Crippen LogP contribution in [0.1, 0.15) is 38.3 Å². The van der Waals surface area contributed by atoms with Crippen molar-refractivity contribution in [3.63, 3.8) is 0 Å². The molecule has 0 saturated carbocycles. The maximum absolute atomic E-state index is 12.2. The fraction of sp³-hybridized carbons (Fsp3) is 0.667. The molecule has 1 aliphatic heterocycles. The van der Waals surface area contributed by atoms with Crippen molar-refractivity contribution in [3.05, 3.63) is 18.0 Å². The highest BCUT2D eigenvalue weighted by atomic mass is 16.5. The third-order valence-corrected chi connectivity index (χ3v) is 3.28. The van der Waals surface area contributed by atoms with Gasteiger partial charge in [-0.1, -0.05) is 18.5 Å². The van der Waals surface area contributed by atoms with Crippen molar-refractivity contribution < 1.29 is 9.32 Å². The minimum atomic E-state index is -0.363. The molecule has 1 atom stereocenters. The van der Waals surface area contributed by atoms with Crippen molar-refractivity contribution in [1.82, 2.24) is 15.8 Å². The molecular formula is C12H19N3O2. The zero-order chi connectivity index (χ0) is 12.1. The summed E-state index contributed by atoms with van der Waals surface area (Å²) in [6.07, 6.45) is 5.39. The fourth-order valence-corrected chi connectivity index (χ4v) is 2.42. The lowest BCUT2D eigenvalue weighted by molar-refractivity contribution is -0.127. The zero-order valence-corrected chi connectivity index (χ0v) is 10.2. The van der Waals surface area contributed by atoms with Gasteiger partial charge in [-0.2, -0.15) is 0 Å². The average Bonchev–Trinajstić information content (AvgIpc) is 2.97. The van der Waals surface area contributed by atoms with E-state index in [0.29, 0.717) is 6.54 Å². The van der Waals surface area contributed by atoms with Gasteiger partial charge < -0.3 is 15.2 Å². The first kappa shape index (κ1) is 12.1. The lowest BCUT2D eigenvalue weighted by atomic mass is 9.91. The molecule has 5 nitrogen and oxygen atoms in total. The monoisotopic (exact) mass is 237 g/mol. The van der Waals surface area contributed by atoms with E-state index in [1.807, 2.05) is 0 Å². The van der Waals surface area contributed by atoms with Crippen LogP contribution in [-0.2, 0) is 11.3 Å². The van der Waals surface area contributed by atoms with E-state index in [4.69, 9.17) is 4.52 Å². The normalized spacial score (nSPS) is 23.8. The predicted octanol–water partition coefficient (Wildman–Crippen LogP) is 1.21. The van der Waals surface area contributed by atoms with Crippen LogP contribution in [0.4, 0.5) is 0 Å². The molecule has 1 aromatic rings. The Labute approximate surface area is 101 Å². The largest absolute Gasteiger partial charge is 0.364 e. The number of nitrogens with zero attached hydrogens (tertiary/aromatic N) is 1. The third kappa shape index (κ3) is 2.66. The molecule has 0 radical (unpaired) electrons. The molecule has 5 heteroatoms. The van der Waals surface area contributed by atoms with Crippen molar-refractivity contribution in [3.8, 4) is 0 Å². The Kier molecular flexibility index (Phi) is 3.78. The number of amides is 1. The molecule has 17 heavy (non-hydrogen) atoms. The van der Waals surface area contributed by atoms with Crippen molar-refractivity contribution in [2.75, 3.05) is 6.54 Å². The van der Waals surface area contributed by atoms with Crippen LogP contribution in [0.25, 0.3) is 0 Å². The van der Waals surface area contributed by atoms with E-state index in [-0.39, 0.29) is 11.4 Å². The first-order chi connectivity index (χ1) is 8.27. The summed E-state index contributed by atoms with van der Waals surface area (Å²) in [7, 11) is 0. The molecule has 2 N–H and O–H groups in total.